The van der Waals surface area contributed by atoms with Crippen LogP contribution >= 0.6 is 0 Å². The van der Waals surface area contributed by atoms with Gasteiger partial charge >= 0.3 is 0 Å². The quantitative estimate of drug-likeness (QED) is 0.442. The Labute approximate surface area is 208 Å². The first-order valence-electron chi connectivity index (χ1n) is 14.0. The summed E-state index contributed by atoms with van der Waals surface area (Å²) in [6.45, 7) is 17.4. The van der Waals surface area contributed by atoms with Gasteiger partial charge in [-0.3, -0.25) is 0 Å². The third-order valence-electron chi connectivity index (χ3n) is 12.6. The lowest BCUT2D eigenvalue weighted by Gasteiger charge is -2.65. The molecule has 4 fully saturated rings. The highest BCUT2D eigenvalue weighted by Crippen LogP contribution is 2.77. The second kappa shape index (κ2) is 7.68. The molecule has 9 atom stereocenters. The smallest absolute Gasteiger partial charge is 0.0972 e. The highest BCUT2D eigenvalue weighted by molar-refractivity contribution is 5.33. The van der Waals surface area contributed by atoms with Crippen LogP contribution in [0.4, 0.5) is 0 Å². The van der Waals surface area contributed by atoms with Crippen molar-refractivity contribution in [2.24, 2.45) is 45.3 Å². The zero-order valence-electron chi connectivity index (χ0n) is 23.1. The fraction of sp³-hybridized carbons (Fsp3) is 0.871. The van der Waals surface area contributed by atoms with Crippen molar-refractivity contribution in [1.82, 2.24) is 0 Å². The molecule has 3 saturated carbocycles. The number of hydrogen-bond acceptors (Lipinski definition) is 3. The predicted molar refractivity (Wildman–Crippen MR) is 138 cm³/mol. The maximum atomic E-state index is 10.9. The van der Waals surface area contributed by atoms with Crippen molar-refractivity contribution < 1.29 is 14.6 Å². The Morgan fingerprint density at radius 2 is 1.82 bits per heavy atom. The number of ether oxygens (including phenoxy) is 2. The van der Waals surface area contributed by atoms with E-state index in [1.165, 1.54) is 25.7 Å². The number of allylic oxidation sites excluding steroid dienone is 2. The summed E-state index contributed by atoms with van der Waals surface area (Å²) < 4.78 is 12.4. The molecule has 5 aliphatic rings. The Balaban J connectivity index is 1.44. The van der Waals surface area contributed by atoms with E-state index >= 15 is 0 Å². The van der Waals surface area contributed by atoms with Crippen molar-refractivity contribution in [3.8, 4) is 0 Å². The molecule has 0 amide bonds. The van der Waals surface area contributed by atoms with E-state index in [2.05, 4.69) is 72.8 Å². The van der Waals surface area contributed by atoms with Gasteiger partial charge in [-0.1, -0.05) is 58.9 Å². The molecule has 1 N–H and O–H groups in total. The number of rotatable bonds is 5. The van der Waals surface area contributed by atoms with Crippen molar-refractivity contribution in [2.45, 2.75) is 111 Å². The van der Waals surface area contributed by atoms with E-state index in [9.17, 15) is 5.11 Å². The molecule has 3 nitrogen and oxygen atoms in total. The van der Waals surface area contributed by atoms with E-state index in [1.807, 2.05) is 0 Å². The molecular formula is C31H50O3. The van der Waals surface area contributed by atoms with E-state index < -0.39 is 0 Å². The number of fused-ring (bicyclic) bond motifs is 2. The van der Waals surface area contributed by atoms with Gasteiger partial charge in [-0.2, -0.15) is 0 Å². The van der Waals surface area contributed by atoms with Crippen LogP contribution in [-0.2, 0) is 9.47 Å². The summed E-state index contributed by atoms with van der Waals surface area (Å²) in [5, 5.41) is 10.9. The molecule has 0 aromatic rings. The Bertz CT molecular complexity index is 872. The second-order valence-corrected chi connectivity index (χ2v) is 14.4. The lowest BCUT2D eigenvalue weighted by atomic mass is 9.38. The monoisotopic (exact) mass is 470 g/mol. The van der Waals surface area contributed by atoms with E-state index in [1.54, 1.807) is 7.11 Å². The Kier molecular flexibility index (Phi) is 5.66. The molecule has 1 saturated heterocycles. The van der Waals surface area contributed by atoms with Gasteiger partial charge < -0.3 is 14.6 Å². The minimum atomic E-state index is -0.282. The molecule has 1 aliphatic heterocycles. The Morgan fingerprint density at radius 1 is 1.09 bits per heavy atom. The SMILES string of the molecule is COC(C)(C)C=CCC(C)[C@@H]1CC[C@@]2(C)[C@@H]3C=C[C@@]45OC[C@]3(CC[C@]12C)[C@H]4CCC(O)C5(C)C. The zero-order chi connectivity index (χ0) is 24.8. The average molecular weight is 471 g/mol. The van der Waals surface area contributed by atoms with Crippen LogP contribution in [0.2, 0.25) is 0 Å². The maximum Gasteiger partial charge on any atom is 0.0972 e. The minimum absolute atomic E-state index is 0.186. The molecule has 5 rings (SSSR count). The van der Waals surface area contributed by atoms with Gasteiger partial charge in [-0.05, 0) is 87.4 Å². The van der Waals surface area contributed by atoms with Crippen LogP contribution < -0.4 is 0 Å². The fourth-order valence-corrected chi connectivity index (χ4v) is 10.00. The highest BCUT2D eigenvalue weighted by atomic mass is 16.5. The van der Waals surface area contributed by atoms with Crippen LogP contribution in [0.25, 0.3) is 0 Å². The largest absolute Gasteiger partial charge is 0.392 e. The molecule has 4 aliphatic carbocycles. The van der Waals surface area contributed by atoms with Gasteiger partial charge in [0.25, 0.3) is 0 Å². The number of methoxy groups -OCH3 is 1. The van der Waals surface area contributed by atoms with E-state index in [0.29, 0.717) is 28.6 Å². The molecule has 34 heavy (non-hydrogen) atoms. The summed E-state index contributed by atoms with van der Waals surface area (Å²) in [4.78, 5) is 0. The van der Waals surface area contributed by atoms with Crippen molar-refractivity contribution in [1.29, 1.82) is 0 Å². The number of aliphatic hydroxyl groups excluding tert-OH is 1. The van der Waals surface area contributed by atoms with Gasteiger partial charge in [0.1, 0.15) is 0 Å². The third-order valence-corrected chi connectivity index (χ3v) is 12.6. The van der Waals surface area contributed by atoms with Crippen LogP contribution in [0.15, 0.2) is 24.3 Å². The third kappa shape index (κ3) is 2.99. The molecule has 1 spiro atoms. The van der Waals surface area contributed by atoms with E-state index in [-0.39, 0.29) is 28.1 Å². The maximum absolute atomic E-state index is 10.9. The molecule has 192 valence electrons. The van der Waals surface area contributed by atoms with Crippen molar-refractivity contribution >= 4 is 0 Å². The summed E-state index contributed by atoms with van der Waals surface area (Å²) in [5.41, 5.74) is 0.238. The fourth-order valence-electron chi connectivity index (χ4n) is 10.00. The number of hydrogen-bond donors (Lipinski definition) is 1. The number of aliphatic hydroxyl groups is 1. The standard InChI is InChI=1S/C31H50O3/c1-21(10-9-15-26(2,3)33-8)22-13-16-29(7)23-14-17-31-24(11-12-25(32)27(31,4)5)30(23,20-34-31)19-18-28(22,29)6/h9,14-15,17,21-25,32H,10-13,16,18-20H2,1-8H3/t21?,22-,23-,24+,25?,28+,29-,30-,31+/m0/s1. The van der Waals surface area contributed by atoms with E-state index in [4.69, 9.17) is 9.47 Å². The topological polar surface area (TPSA) is 38.7 Å². The molecule has 0 aromatic heterocycles. The minimum Gasteiger partial charge on any atom is -0.392 e. The molecule has 2 bridgehead atoms. The summed E-state index contributed by atoms with van der Waals surface area (Å²) in [6.07, 6.45) is 17.8. The van der Waals surface area contributed by atoms with Crippen LogP contribution in [0, 0.1) is 45.3 Å². The second-order valence-electron chi connectivity index (χ2n) is 14.4. The van der Waals surface area contributed by atoms with Gasteiger partial charge in [0.05, 0.1) is 23.9 Å². The van der Waals surface area contributed by atoms with Crippen molar-refractivity contribution in [3.63, 3.8) is 0 Å². The summed E-state index contributed by atoms with van der Waals surface area (Å²) >= 11 is 0. The van der Waals surface area contributed by atoms with Crippen molar-refractivity contribution in [3.05, 3.63) is 24.3 Å². The zero-order valence-corrected chi connectivity index (χ0v) is 23.1. The molecular weight excluding hydrogens is 420 g/mol. The Morgan fingerprint density at radius 3 is 2.53 bits per heavy atom. The van der Waals surface area contributed by atoms with Crippen LogP contribution in [0.1, 0.15) is 93.4 Å². The predicted octanol–water partition coefficient (Wildman–Crippen LogP) is 6.95. The van der Waals surface area contributed by atoms with Crippen molar-refractivity contribution in [2.75, 3.05) is 13.7 Å². The van der Waals surface area contributed by atoms with E-state index in [0.717, 1.165) is 31.8 Å². The summed E-state index contributed by atoms with van der Waals surface area (Å²) in [5.74, 6) is 2.58. The molecule has 0 aromatic carbocycles. The first kappa shape index (κ1) is 25.0. The normalized spacial score (nSPS) is 50.1. The van der Waals surface area contributed by atoms with Gasteiger partial charge in [-0.15, -0.1) is 0 Å². The first-order valence-corrected chi connectivity index (χ1v) is 14.0. The van der Waals surface area contributed by atoms with Crippen LogP contribution in [-0.4, -0.2) is 36.1 Å². The Hall–Kier alpha value is -0.640. The van der Waals surface area contributed by atoms with Gasteiger partial charge in [0, 0.05) is 23.9 Å². The first-order chi connectivity index (χ1) is 15.8. The molecule has 2 unspecified atom stereocenters. The summed E-state index contributed by atoms with van der Waals surface area (Å²) in [7, 11) is 1.79. The molecule has 1 heterocycles. The highest BCUT2D eigenvalue weighted by Gasteiger charge is 2.75. The summed E-state index contributed by atoms with van der Waals surface area (Å²) in [6, 6.07) is 0. The average Bonchev–Trinajstić information content (AvgIpc) is 3.17. The molecule has 3 heteroatoms. The van der Waals surface area contributed by atoms with Gasteiger partial charge in [0.15, 0.2) is 0 Å². The lowest BCUT2D eigenvalue weighted by Crippen LogP contribution is -2.64. The molecule has 0 radical (unpaired) electrons. The lowest BCUT2D eigenvalue weighted by molar-refractivity contribution is -0.168. The van der Waals surface area contributed by atoms with Gasteiger partial charge in [0.2, 0.25) is 0 Å². The van der Waals surface area contributed by atoms with Crippen LogP contribution in [0.5, 0.6) is 0 Å². The van der Waals surface area contributed by atoms with Gasteiger partial charge in [-0.25, -0.2) is 0 Å². The van der Waals surface area contributed by atoms with Crippen LogP contribution in [0.3, 0.4) is 0 Å².